The minimum atomic E-state index is -0.374. The number of thiophene rings is 2. The number of fused-ring (bicyclic) bond motifs is 1. The lowest BCUT2D eigenvalue weighted by Gasteiger charge is -2.33. The van der Waals surface area contributed by atoms with Crippen molar-refractivity contribution in [2.45, 2.75) is 40.0 Å². The van der Waals surface area contributed by atoms with Crippen LogP contribution < -0.4 is 10.6 Å². The van der Waals surface area contributed by atoms with Gasteiger partial charge in [-0.3, -0.25) is 10.1 Å². The van der Waals surface area contributed by atoms with Crippen LogP contribution in [0.15, 0.2) is 17.5 Å². The summed E-state index contributed by atoms with van der Waals surface area (Å²) in [6.45, 7) is 6.77. The van der Waals surface area contributed by atoms with E-state index in [-0.39, 0.29) is 22.4 Å². The van der Waals surface area contributed by atoms with Gasteiger partial charge in [0.05, 0.1) is 17.6 Å². The van der Waals surface area contributed by atoms with Crippen molar-refractivity contribution in [3.63, 3.8) is 0 Å². The van der Waals surface area contributed by atoms with Gasteiger partial charge in [-0.1, -0.05) is 26.8 Å². The maximum absolute atomic E-state index is 12.5. The van der Waals surface area contributed by atoms with Gasteiger partial charge in [-0.2, -0.15) is 0 Å². The molecule has 0 aliphatic heterocycles. The zero-order valence-electron chi connectivity index (χ0n) is 16.4. The second-order valence-electron chi connectivity index (χ2n) is 7.89. The highest BCUT2D eigenvalue weighted by molar-refractivity contribution is 7.80. The van der Waals surface area contributed by atoms with Crippen molar-refractivity contribution in [3.8, 4) is 0 Å². The Labute approximate surface area is 178 Å². The Balaban J connectivity index is 1.82. The van der Waals surface area contributed by atoms with E-state index in [0.29, 0.717) is 21.4 Å². The molecule has 2 aromatic rings. The van der Waals surface area contributed by atoms with Gasteiger partial charge in [0.15, 0.2) is 5.11 Å². The minimum Gasteiger partial charge on any atom is -0.465 e. The molecule has 2 heterocycles. The Hall–Kier alpha value is -1.77. The van der Waals surface area contributed by atoms with Gasteiger partial charge in [0, 0.05) is 4.88 Å². The van der Waals surface area contributed by atoms with E-state index in [1.165, 1.54) is 34.7 Å². The Kier molecular flexibility index (Phi) is 6.21. The van der Waals surface area contributed by atoms with E-state index < -0.39 is 0 Å². The third kappa shape index (κ3) is 4.45. The average molecular weight is 437 g/mol. The summed E-state index contributed by atoms with van der Waals surface area (Å²) in [7, 11) is 1.38. The van der Waals surface area contributed by atoms with Crippen LogP contribution in [0.1, 0.15) is 57.7 Å². The molecule has 1 aliphatic carbocycles. The molecule has 0 fully saturated rings. The number of rotatable bonds is 3. The van der Waals surface area contributed by atoms with Gasteiger partial charge >= 0.3 is 5.97 Å². The van der Waals surface area contributed by atoms with Gasteiger partial charge in [-0.05, 0) is 59.8 Å². The van der Waals surface area contributed by atoms with E-state index >= 15 is 0 Å². The predicted octanol–water partition coefficient (Wildman–Crippen LogP) is 4.87. The van der Waals surface area contributed by atoms with E-state index in [0.717, 1.165) is 24.8 Å². The van der Waals surface area contributed by atoms with Gasteiger partial charge in [-0.15, -0.1) is 22.7 Å². The number of anilines is 1. The van der Waals surface area contributed by atoms with Crippen molar-refractivity contribution in [1.29, 1.82) is 0 Å². The molecule has 2 N–H and O–H groups in total. The summed E-state index contributed by atoms with van der Waals surface area (Å²) in [4.78, 5) is 26.4. The number of hydrogen-bond acceptors (Lipinski definition) is 6. The van der Waals surface area contributed by atoms with Crippen LogP contribution in [0.25, 0.3) is 0 Å². The summed E-state index contributed by atoms with van der Waals surface area (Å²) < 4.78 is 5.02. The largest absolute Gasteiger partial charge is 0.465 e. The van der Waals surface area contributed by atoms with Crippen molar-refractivity contribution in [2.24, 2.45) is 11.3 Å². The standard InChI is InChI=1S/C20H24N2O3S3/c1-20(2,3)11-7-8-12-14(10-11)28-17(15(12)18(24)25-4)22-19(26)21-16(23)13-6-5-9-27-13/h5-6,9,11H,7-8,10H2,1-4H3,(H2,21,22,23,26). The Morgan fingerprint density at radius 3 is 2.68 bits per heavy atom. The molecule has 28 heavy (non-hydrogen) atoms. The Morgan fingerprint density at radius 2 is 2.07 bits per heavy atom. The third-order valence-electron chi connectivity index (χ3n) is 5.08. The van der Waals surface area contributed by atoms with Crippen LogP contribution in [0.5, 0.6) is 0 Å². The van der Waals surface area contributed by atoms with Gasteiger partial charge < -0.3 is 10.1 Å². The van der Waals surface area contributed by atoms with Crippen LogP contribution in [0.3, 0.4) is 0 Å². The van der Waals surface area contributed by atoms with E-state index in [2.05, 4.69) is 31.4 Å². The van der Waals surface area contributed by atoms with Crippen LogP contribution in [0.4, 0.5) is 5.00 Å². The van der Waals surface area contributed by atoms with E-state index in [4.69, 9.17) is 17.0 Å². The number of amides is 1. The molecule has 0 aromatic carbocycles. The number of ether oxygens (including phenoxy) is 1. The predicted molar refractivity (Wildman–Crippen MR) is 119 cm³/mol. The van der Waals surface area contributed by atoms with Crippen LogP contribution >= 0.6 is 34.9 Å². The first-order chi connectivity index (χ1) is 13.2. The van der Waals surface area contributed by atoms with Crippen LogP contribution in [-0.2, 0) is 17.6 Å². The minimum absolute atomic E-state index is 0.175. The van der Waals surface area contributed by atoms with E-state index in [9.17, 15) is 9.59 Å². The fraction of sp³-hybridized carbons (Fsp3) is 0.450. The monoisotopic (exact) mass is 436 g/mol. The van der Waals surface area contributed by atoms with Crippen molar-refractivity contribution < 1.29 is 14.3 Å². The molecule has 0 saturated carbocycles. The summed E-state index contributed by atoms with van der Waals surface area (Å²) in [5.41, 5.74) is 1.81. The summed E-state index contributed by atoms with van der Waals surface area (Å²) in [6.07, 6.45) is 2.81. The molecule has 150 valence electrons. The molecule has 1 aliphatic rings. The first-order valence-electron chi connectivity index (χ1n) is 9.09. The lowest BCUT2D eigenvalue weighted by atomic mass is 9.72. The molecule has 1 amide bonds. The molecule has 1 atom stereocenters. The normalized spacial score (nSPS) is 16.2. The molecule has 3 rings (SSSR count). The second kappa shape index (κ2) is 8.31. The molecule has 1 unspecified atom stereocenters. The lowest BCUT2D eigenvalue weighted by Crippen LogP contribution is -2.33. The van der Waals surface area contributed by atoms with Gasteiger partial charge in [0.2, 0.25) is 0 Å². The number of carbonyl (C=O) groups is 2. The average Bonchev–Trinajstić information content (AvgIpc) is 3.27. The summed E-state index contributed by atoms with van der Waals surface area (Å²) >= 11 is 8.18. The summed E-state index contributed by atoms with van der Waals surface area (Å²) in [5.74, 6) is -0.0784. The zero-order valence-corrected chi connectivity index (χ0v) is 18.8. The fourth-order valence-electron chi connectivity index (χ4n) is 3.44. The molecule has 0 radical (unpaired) electrons. The van der Waals surface area contributed by atoms with Crippen LogP contribution in [-0.4, -0.2) is 24.1 Å². The maximum Gasteiger partial charge on any atom is 0.341 e. The topological polar surface area (TPSA) is 67.4 Å². The quantitative estimate of drug-likeness (QED) is 0.530. The number of methoxy groups -OCH3 is 1. The maximum atomic E-state index is 12.5. The summed E-state index contributed by atoms with van der Waals surface area (Å²) in [6, 6.07) is 3.54. The van der Waals surface area contributed by atoms with Crippen LogP contribution in [0, 0.1) is 11.3 Å². The number of hydrogen-bond donors (Lipinski definition) is 2. The molecular weight excluding hydrogens is 412 g/mol. The number of thiocarbonyl (C=S) groups is 1. The van der Waals surface area contributed by atoms with Crippen molar-refractivity contribution >= 4 is 56.9 Å². The number of carbonyl (C=O) groups excluding carboxylic acids is 2. The fourth-order valence-corrected chi connectivity index (χ4v) is 5.64. The highest BCUT2D eigenvalue weighted by atomic mass is 32.1. The lowest BCUT2D eigenvalue weighted by molar-refractivity contribution is 0.0600. The third-order valence-corrected chi connectivity index (χ3v) is 7.32. The van der Waals surface area contributed by atoms with E-state index in [1.54, 1.807) is 6.07 Å². The van der Waals surface area contributed by atoms with Gasteiger partial charge in [0.1, 0.15) is 5.00 Å². The van der Waals surface area contributed by atoms with E-state index in [1.807, 2.05) is 11.4 Å². The van der Waals surface area contributed by atoms with Crippen molar-refractivity contribution in [3.05, 3.63) is 38.4 Å². The molecule has 2 aromatic heterocycles. The SMILES string of the molecule is COC(=O)c1c(NC(=S)NC(=O)c2cccs2)sc2c1CCC(C(C)(C)C)C2. The Bertz CT molecular complexity index is 895. The molecule has 0 bridgehead atoms. The van der Waals surface area contributed by atoms with Crippen molar-refractivity contribution in [2.75, 3.05) is 12.4 Å². The molecule has 8 heteroatoms. The number of esters is 1. The second-order valence-corrected chi connectivity index (χ2v) is 10.4. The van der Waals surface area contributed by atoms with Gasteiger partial charge in [-0.25, -0.2) is 4.79 Å². The molecule has 0 spiro atoms. The first-order valence-corrected chi connectivity index (χ1v) is 11.2. The smallest absolute Gasteiger partial charge is 0.341 e. The van der Waals surface area contributed by atoms with Crippen molar-refractivity contribution in [1.82, 2.24) is 5.32 Å². The Morgan fingerprint density at radius 1 is 1.32 bits per heavy atom. The highest BCUT2D eigenvalue weighted by Gasteiger charge is 2.34. The highest BCUT2D eigenvalue weighted by Crippen LogP contribution is 2.44. The summed E-state index contributed by atoms with van der Waals surface area (Å²) in [5, 5.41) is 8.38. The first kappa shape index (κ1) is 21.0. The molecule has 0 saturated heterocycles. The molecule has 5 nitrogen and oxygen atoms in total. The van der Waals surface area contributed by atoms with Crippen LogP contribution in [0.2, 0.25) is 0 Å². The zero-order chi connectivity index (χ0) is 20.5. The molecular formula is C20H24N2O3S3. The number of nitrogens with one attached hydrogen (secondary N) is 2. The van der Waals surface area contributed by atoms with Gasteiger partial charge in [0.25, 0.3) is 5.91 Å².